The van der Waals surface area contributed by atoms with Crippen LogP contribution in [0.3, 0.4) is 0 Å². The Morgan fingerprint density at radius 2 is 1.28 bits per heavy atom. The number of nitrogens with one attached hydrogen (secondary N) is 1. The van der Waals surface area contributed by atoms with E-state index >= 15 is 0 Å². The van der Waals surface area contributed by atoms with Crippen molar-refractivity contribution in [3.63, 3.8) is 0 Å². The standard InChI is InChI=1S/C22H19F6N/c1-13(2)29-20(19-9-5-7-14-6-3-4-8-18(14)19)15-10-16(21(23,24)25)12-17(11-15)22(26,27)28/h3-13,20,29H,1-2H3/t20-/m0/s1. The number of halogens is 6. The molecule has 0 aliphatic rings. The fourth-order valence-corrected chi connectivity index (χ4v) is 3.35. The molecule has 29 heavy (non-hydrogen) atoms. The van der Waals surface area contributed by atoms with Crippen LogP contribution < -0.4 is 5.32 Å². The molecule has 0 radical (unpaired) electrons. The number of hydrogen-bond acceptors (Lipinski definition) is 1. The SMILES string of the molecule is CC(C)N[C@@H](c1cc(C(F)(F)F)cc(C(F)(F)F)c1)c1cccc2ccccc12. The van der Waals surface area contributed by atoms with Crippen LogP contribution in [0.15, 0.2) is 60.7 Å². The first kappa shape index (κ1) is 21.2. The maximum Gasteiger partial charge on any atom is 0.416 e. The third-order valence-corrected chi connectivity index (χ3v) is 4.58. The minimum atomic E-state index is -4.89. The minimum Gasteiger partial charge on any atom is -0.304 e. The molecule has 0 bridgehead atoms. The van der Waals surface area contributed by atoms with Crippen molar-refractivity contribution in [2.45, 2.75) is 38.3 Å². The normalized spacial score (nSPS) is 13.8. The number of hydrogen-bond donors (Lipinski definition) is 1. The lowest BCUT2D eigenvalue weighted by molar-refractivity contribution is -0.143. The predicted octanol–water partition coefficient (Wildman–Crippen LogP) is 6.96. The fourth-order valence-electron chi connectivity index (χ4n) is 3.35. The highest BCUT2D eigenvalue weighted by Crippen LogP contribution is 2.39. The van der Waals surface area contributed by atoms with E-state index in [1.165, 1.54) is 0 Å². The maximum absolute atomic E-state index is 13.3. The highest BCUT2D eigenvalue weighted by atomic mass is 19.4. The van der Waals surface area contributed by atoms with E-state index in [0.29, 0.717) is 5.56 Å². The van der Waals surface area contributed by atoms with Crippen LogP contribution in [0, 0.1) is 0 Å². The van der Waals surface area contributed by atoms with E-state index in [1.807, 2.05) is 18.2 Å². The predicted molar refractivity (Wildman–Crippen MR) is 101 cm³/mol. The molecule has 0 amide bonds. The largest absolute Gasteiger partial charge is 0.416 e. The van der Waals surface area contributed by atoms with Gasteiger partial charge in [0.1, 0.15) is 0 Å². The maximum atomic E-state index is 13.3. The van der Waals surface area contributed by atoms with Crippen molar-refractivity contribution in [2.75, 3.05) is 0 Å². The minimum absolute atomic E-state index is 0.0859. The molecule has 1 nitrogen and oxygen atoms in total. The first-order chi connectivity index (χ1) is 13.5. The van der Waals surface area contributed by atoms with Crippen LogP contribution in [0.25, 0.3) is 10.8 Å². The van der Waals surface area contributed by atoms with Gasteiger partial charge in [0.05, 0.1) is 17.2 Å². The molecule has 0 aliphatic carbocycles. The summed E-state index contributed by atoms with van der Waals surface area (Å²) in [6.45, 7) is 3.58. The Balaban J connectivity index is 2.27. The molecule has 0 spiro atoms. The van der Waals surface area contributed by atoms with Crippen molar-refractivity contribution in [3.8, 4) is 0 Å². The summed E-state index contributed by atoms with van der Waals surface area (Å²) in [6.07, 6.45) is -9.78. The Bertz CT molecular complexity index is 967. The van der Waals surface area contributed by atoms with Gasteiger partial charge in [-0.1, -0.05) is 42.5 Å². The molecule has 1 atom stereocenters. The number of rotatable bonds is 4. The number of fused-ring (bicyclic) bond motifs is 1. The summed E-state index contributed by atoms with van der Waals surface area (Å²) in [5, 5.41) is 4.74. The molecule has 3 rings (SSSR count). The van der Waals surface area contributed by atoms with E-state index in [2.05, 4.69) is 5.32 Å². The third-order valence-electron chi connectivity index (χ3n) is 4.58. The van der Waals surface area contributed by atoms with Crippen molar-refractivity contribution >= 4 is 10.8 Å². The second-order valence-electron chi connectivity index (χ2n) is 7.16. The molecule has 3 aromatic rings. The highest BCUT2D eigenvalue weighted by molar-refractivity contribution is 5.86. The monoisotopic (exact) mass is 411 g/mol. The average molecular weight is 411 g/mol. The van der Waals surface area contributed by atoms with Crippen LogP contribution in [-0.4, -0.2) is 6.04 Å². The second kappa shape index (κ2) is 7.71. The first-order valence-corrected chi connectivity index (χ1v) is 9.00. The molecule has 0 unspecified atom stereocenters. The zero-order valence-corrected chi connectivity index (χ0v) is 15.7. The van der Waals surface area contributed by atoms with Gasteiger partial charge in [-0.05, 0) is 53.9 Å². The number of benzene rings is 3. The van der Waals surface area contributed by atoms with Crippen molar-refractivity contribution in [3.05, 3.63) is 82.9 Å². The van der Waals surface area contributed by atoms with Crippen LogP contribution in [0.4, 0.5) is 26.3 Å². The Kier molecular flexibility index (Phi) is 5.63. The molecular weight excluding hydrogens is 392 g/mol. The number of alkyl halides is 6. The molecule has 7 heteroatoms. The van der Waals surface area contributed by atoms with Gasteiger partial charge in [0.15, 0.2) is 0 Å². The molecule has 0 saturated carbocycles. The highest BCUT2D eigenvalue weighted by Gasteiger charge is 2.37. The van der Waals surface area contributed by atoms with Crippen molar-refractivity contribution in [1.82, 2.24) is 5.32 Å². The Hall–Kier alpha value is -2.54. The van der Waals surface area contributed by atoms with Gasteiger partial charge in [-0.2, -0.15) is 26.3 Å². The zero-order chi connectivity index (χ0) is 21.4. The zero-order valence-electron chi connectivity index (χ0n) is 15.7. The summed E-state index contributed by atoms with van der Waals surface area (Å²) in [7, 11) is 0. The lowest BCUT2D eigenvalue weighted by Crippen LogP contribution is -2.29. The van der Waals surface area contributed by atoms with E-state index in [4.69, 9.17) is 0 Å². The Labute approximate surface area is 164 Å². The third kappa shape index (κ3) is 4.72. The van der Waals surface area contributed by atoms with E-state index in [1.54, 1.807) is 38.1 Å². The summed E-state index contributed by atoms with van der Waals surface area (Å²) < 4.78 is 80.0. The van der Waals surface area contributed by atoms with Gasteiger partial charge >= 0.3 is 12.4 Å². The Morgan fingerprint density at radius 3 is 1.83 bits per heavy atom. The van der Waals surface area contributed by atoms with Gasteiger partial charge in [0, 0.05) is 6.04 Å². The molecule has 3 aromatic carbocycles. The smallest absolute Gasteiger partial charge is 0.304 e. The topological polar surface area (TPSA) is 12.0 Å². The average Bonchev–Trinajstić information content (AvgIpc) is 2.64. The fraction of sp³-hybridized carbons (Fsp3) is 0.273. The van der Waals surface area contributed by atoms with Crippen LogP contribution in [0.2, 0.25) is 0 Å². The van der Waals surface area contributed by atoms with Crippen LogP contribution in [0.1, 0.15) is 42.1 Å². The summed E-state index contributed by atoms with van der Waals surface area (Å²) in [5.74, 6) is 0. The van der Waals surface area contributed by atoms with Crippen LogP contribution >= 0.6 is 0 Å². The van der Waals surface area contributed by atoms with Crippen LogP contribution in [0.5, 0.6) is 0 Å². The molecular formula is C22H19F6N. The second-order valence-corrected chi connectivity index (χ2v) is 7.16. The van der Waals surface area contributed by atoms with Gasteiger partial charge in [0.2, 0.25) is 0 Å². The molecule has 0 aromatic heterocycles. The van der Waals surface area contributed by atoms with Gasteiger partial charge in [-0.3, -0.25) is 0 Å². The quantitative estimate of drug-likeness (QED) is 0.458. The molecule has 1 N–H and O–H groups in total. The molecule has 0 aliphatic heterocycles. The lowest BCUT2D eigenvalue weighted by Gasteiger charge is -2.25. The molecule has 0 saturated heterocycles. The van der Waals surface area contributed by atoms with Gasteiger partial charge in [-0.15, -0.1) is 0 Å². The molecule has 0 fully saturated rings. The van der Waals surface area contributed by atoms with E-state index < -0.39 is 29.5 Å². The van der Waals surface area contributed by atoms with E-state index in [-0.39, 0.29) is 17.7 Å². The van der Waals surface area contributed by atoms with E-state index in [0.717, 1.165) is 22.9 Å². The van der Waals surface area contributed by atoms with Crippen molar-refractivity contribution in [1.29, 1.82) is 0 Å². The lowest BCUT2D eigenvalue weighted by atomic mass is 9.91. The summed E-state index contributed by atoms with van der Waals surface area (Å²) in [6, 6.07) is 13.3. The first-order valence-electron chi connectivity index (χ1n) is 9.00. The van der Waals surface area contributed by atoms with Gasteiger partial charge in [0.25, 0.3) is 0 Å². The van der Waals surface area contributed by atoms with Gasteiger partial charge in [-0.25, -0.2) is 0 Å². The summed E-state index contributed by atoms with van der Waals surface area (Å²) in [5.41, 5.74) is -2.11. The molecule has 154 valence electrons. The van der Waals surface area contributed by atoms with Crippen LogP contribution in [-0.2, 0) is 12.4 Å². The van der Waals surface area contributed by atoms with E-state index in [9.17, 15) is 26.3 Å². The summed E-state index contributed by atoms with van der Waals surface area (Å²) >= 11 is 0. The van der Waals surface area contributed by atoms with Gasteiger partial charge < -0.3 is 5.32 Å². The Morgan fingerprint density at radius 1 is 0.724 bits per heavy atom. The van der Waals surface area contributed by atoms with Crippen molar-refractivity contribution < 1.29 is 26.3 Å². The summed E-state index contributed by atoms with van der Waals surface area (Å²) in [4.78, 5) is 0. The molecule has 0 heterocycles. The van der Waals surface area contributed by atoms with Crippen molar-refractivity contribution in [2.24, 2.45) is 0 Å².